The Labute approximate surface area is 166 Å². The molecule has 0 aliphatic heterocycles. The SMILES string of the molecule is Cc1ccc(CC(=O)Nc2cc([C@H]3CC[C@@H](OC(=O)NCC(F)F)C3)[nH]n2)cn1. The quantitative estimate of drug-likeness (QED) is 0.654. The third kappa shape index (κ3) is 6.23. The van der Waals surface area contributed by atoms with Gasteiger partial charge >= 0.3 is 6.09 Å². The molecule has 3 rings (SSSR count). The zero-order valence-electron chi connectivity index (χ0n) is 16.0. The summed E-state index contributed by atoms with van der Waals surface area (Å²) in [7, 11) is 0. The van der Waals surface area contributed by atoms with Crippen molar-refractivity contribution < 1.29 is 23.1 Å². The van der Waals surface area contributed by atoms with Crippen LogP contribution in [0, 0.1) is 6.92 Å². The third-order valence-electron chi connectivity index (χ3n) is 4.70. The van der Waals surface area contributed by atoms with Crippen molar-refractivity contribution in [3.8, 4) is 0 Å². The van der Waals surface area contributed by atoms with E-state index < -0.39 is 19.1 Å². The number of H-pyrrole nitrogens is 1. The molecule has 0 unspecified atom stereocenters. The first-order valence-corrected chi connectivity index (χ1v) is 9.38. The Morgan fingerprint density at radius 1 is 1.34 bits per heavy atom. The number of nitrogens with zero attached hydrogens (tertiary/aromatic N) is 2. The molecule has 2 amide bonds. The normalized spacial score (nSPS) is 18.6. The fraction of sp³-hybridized carbons (Fsp3) is 0.474. The van der Waals surface area contributed by atoms with Crippen molar-refractivity contribution in [2.75, 3.05) is 11.9 Å². The van der Waals surface area contributed by atoms with Crippen LogP contribution in [0.5, 0.6) is 0 Å². The van der Waals surface area contributed by atoms with Crippen molar-refractivity contribution in [1.82, 2.24) is 20.5 Å². The highest BCUT2D eigenvalue weighted by Gasteiger charge is 2.30. The molecular weight excluding hydrogens is 384 g/mol. The van der Waals surface area contributed by atoms with E-state index in [9.17, 15) is 18.4 Å². The van der Waals surface area contributed by atoms with Crippen molar-refractivity contribution >= 4 is 17.8 Å². The minimum absolute atomic E-state index is 0.0855. The van der Waals surface area contributed by atoms with Gasteiger partial charge in [-0.15, -0.1) is 0 Å². The Morgan fingerprint density at radius 3 is 2.90 bits per heavy atom. The smallest absolute Gasteiger partial charge is 0.407 e. The van der Waals surface area contributed by atoms with Crippen LogP contribution in [-0.4, -0.2) is 46.3 Å². The Hall–Kier alpha value is -3.04. The van der Waals surface area contributed by atoms with Crippen molar-refractivity contribution in [2.24, 2.45) is 0 Å². The third-order valence-corrected chi connectivity index (χ3v) is 4.70. The Bertz CT molecular complexity index is 841. The van der Waals surface area contributed by atoms with Crippen LogP contribution in [-0.2, 0) is 16.0 Å². The molecule has 0 bridgehead atoms. The summed E-state index contributed by atoms with van der Waals surface area (Å²) in [6.07, 6.45) is 0.0358. The zero-order chi connectivity index (χ0) is 20.8. The van der Waals surface area contributed by atoms with Gasteiger partial charge in [0, 0.05) is 29.6 Å². The number of alkyl halides is 2. The average molecular weight is 407 g/mol. The fourth-order valence-corrected chi connectivity index (χ4v) is 3.27. The van der Waals surface area contributed by atoms with Crippen LogP contribution in [0.1, 0.15) is 42.1 Å². The second-order valence-electron chi connectivity index (χ2n) is 7.05. The van der Waals surface area contributed by atoms with E-state index in [2.05, 4.69) is 20.5 Å². The van der Waals surface area contributed by atoms with Gasteiger partial charge in [-0.1, -0.05) is 6.07 Å². The molecule has 0 radical (unpaired) electrons. The van der Waals surface area contributed by atoms with E-state index in [0.29, 0.717) is 18.7 Å². The first-order valence-electron chi connectivity index (χ1n) is 9.38. The van der Waals surface area contributed by atoms with E-state index >= 15 is 0 Å². The van der Waals surface area contributed by atoms with Crippen LogP contribution in [0.25, 0.3) is 0 Å². The number of halogens is 2. The van der Waals surface area contributed by atoms with Crippen molar-refractivity contribution in [2.45, 2.75) is 51.1 Å². The van der Waals surface area contributed by atoms with Crippen LogP contribution in [0.4, 0.5) is 19.4 Å². The number of carbonyl (C=O) groups is 2. The molecule has 10 heteroatoms. The van der Waals surface area contributed by atoms with Crippen molar-refractivity contribution in [3.05, 3.63) is 41.3 Å². The van der Waals surface area contributed by atoms with Crippen LogP contribution in [0.2, 0.25) is 0 Å². The van der Waals surface area contributed by atoms with Crippen LogP contribution in [0.15, 0.2) is 24.4 Å². The van der Waals surface area contributed by atoms with Gasteiger partial charge in [-0.3, -0.25) is 14.9 Å². The number of rotatable bonds is 7. The summed E-state index contributed by atoms with van der Waals surface area (Å²) in [6.45, 7) is 1.15. The number of aromatic amines is 1. The van der Waals surface area contributed by atoms with Gasteiger partial charge in [0.1, 0.15) is 6.10 Å². The van der Waals surface area contributed by atoms with E-state index in [1.54, 1.807) is 12.3 Å². The number of aromatic nitrogens is 3. The minimum Gasteiger partial charge on any atom is -0.446 e. The summed E-state index contributed by atoms with van der Waals surface area (Å²) in [4.78, 5) is 27.8. The maximum atomic E-state index is 12.2. The monoisotopic (exact) mass is 407 g/mol. The summed E-state index contributed by atoms with van der Waals surface area (Å²) in [6, 6.07) is 5.46. The molecule has 8 nitrogen and oxygen atoms in total. The molecule has 1 aliphatic carbocycles. The number of anilines is 1. The molecule has 29 heavy (non-hydrogen) atoms. The minimum atomic E-state index is -2.61. The van der Waals surface area contributed by atoms with E-state index in [0.717, 1.165) is 23.4 Å². The largest absolute Gasteiger partial charge is 0.446 e. The zero-order valence-corrected chi connectivity index (χ0v) is 16.0. The topological polar surface area (TPSA) is 109 Å². The predicted molar refractivity (Wildman–Crippen MR) is 101 cm³/mol. The molecule has 0 aromatic carbocycles. The van der Waals surface area contributed by atoms with Gasteiger partial charge in [0.05, 0.1) is 13.0 Å². The lowest BCUT2D eigenvalue weighted by molar-refractivity contribution is -0.115. The van der Waals surface area contributed by atoms with Gasteiger partial charge < -0.3 is 15.4 Å². The van der Waals surface area contributed by atoms with Crippen molar-refractivity contribution in [3.63, 3.8) is 0 Å². The number of hydrogen-bond acceptors (Lipinski definition) is 5. The number of ether oxygens (including phenoxy) is 1. The summed E-state index contributed by atoms with van der Waals surface area (Å²) in [5.41, 5.74) is 2.53. The first-order chi connectivity index (χ1) is 13.9. The summed E-state index contributed by atoms with van der Waals surface area (Å²) in [5.74, 6) is 0.309. The van der Waals surface area contributed by atoms with Crippen LogP contribution >= 0.6 is 0 Å². The molecule has 2 aromatic rings. The average Bonchev–Trinajstić information content (AvgIpc) is 3.31. The number of aryl methyl sites for hydroxylation is 1. The summed E-state index contributed by atoms with van der Waals surface area (Å²) < 4.78 is 29.4. The van der Waals surface area contributed by atoms with E-state index in [-0.39, 0.29) is 24.3 Å². The number of amides is 2. The molecule has 0 saturated heterocycles. The molecule has 2 atom stereocenters. The molecule has 0 spiro atoms. The van der Waals surface area contributed by atoms with E-state index in [1.165, 1.54) is 0 Å². The Kier molecular flexibility index (Phi) is 6.73. The Balaban J connectivity index is 1.46. The van der Waals surface area contributed by atoms with Gasteiger partial charge in [0.15, 0.2) is 5.82 Å². The highest BCUT2D eigenvalue weighted by molar-refractivity contribution is 5.91. The van der Waals surface area contributed by atoms with E-state index in [1.807, 2.05) is 24.4 Å². The molecule has 1 fully saturated rings. The van der Waals surface area contributed by atoms with Crippen LogP contribution in [0.3, 0.4) is 0 Å². The van der Waals surface area contributed by atoms with Gasteiger partial charge in [0.25, 0.3) is 6.43 Å². The molecule has 156 valence electrons. The number of alkyl carbamates (subject to hydrolysis) is 1. The number of hydrogen-bond donors (Lipinski definition) is 3. The number of pyridine rings is 1. The highest BCUT2D eigenvalue weighted by Crippen LogP contribution is 2.35. The summed E-state index contributed by atoms with van der Waals surface area (Å²) in [5, 5.41) is 11.8. The second kappa shape index (κ2) is 9.44. The summed E-state index contributed by atoms with van der Waals surface area (Å²) >= 11 is 0. The lowest BCUT2D eigenvalue weighted by Gasteiger charge is -2.13. The first kappa shape index (κ1) is 20.7. The molecule has 2 heterocycles. The fourth-order valence-electron chi connectivity index (χ4n) is 3.27. The standard InChI is InChI=1S/C19H23F2N5O3/c1-11-2-3-12(9-22-11)6-18(27)24-17-8-15(25-26-17)13-4-5-14(7-13)29-19(28)23-10-16(20)21/h2-3,8-9,13-14,16H,4-7,10H2,1H3,(H,23,28)(H2,24,25,26,27)/t13-,14+/m0/s1. The van der Waals surface area contributed by atoms with Crippen molar-refractivity contribution in [1.29, 1.82) is 0 Å². The van der Waals surface area contributed by atoms with Gasteiger partial charge in [-0.05, 0) is 37.8 Å². The molecule has 2 aromatic heterocycles. The maximum absolute atomic E-state index is 12.2. The lowest BCUT2D eigenvalue weighted by Crippen LogP contribution is -2.31. The van der Waals surface area contributed by atoms with Gasteiger partial charge in [-0.2, -0.15) is 5.10 Å². The van der Waals surface area contributed by atoms with Gasteiger partial charge in [-0.25, -0.2) is 13.6 Å². The number of nitrogens with one attached hydrogen (secondary N) is 3. The highest BCUT2D eigenvalue weighted by atomic mass is 19.3. The van der Waals surface area contributed by atoms with E-state index in [4.69, 9.17) is 4.74 Å². The molecule has 3 N–H and O–H groups in total. The van der Waals surface area contributed by atoms with Gasteiger partial charge in [0.2, 0.25) is 5.91 Å². The second-order valence-corrected chi connectivity index (χ2v) is 7.05. The maximum Gasteiger partial charge on any atom is 0.407 e. The molecule has 1 saturated carbocycles. The lowest BCUT2D eigenvalue weighted by atomic mass is 10.0. The predicted octanol–water partition coefficient (Wildman–Crippen LogP) is 2.92. The number of carbonyl (C=O) groups excluding carboxylic acids is 2. The molecular formula is C19H23F2N5O3. The van der Waals surface area contributed by atoms with Crippen LogP contribution < -0.4 is 10.6 Å². The Morgan fingerprint density at radius 2 is 2.17 bits per heavy atom. The molecule has 1 aliphatic rings.